The number of benzene rings is 2. The van der Waals surface area contributed by atoms with Crippen LogP contribution in [0.25, 0.3) is 0 Å². The van der Waals surface area contributed by atoms with Crippen LogP contribution < -0.4 is 14.8 Å². The summed E-state index contributed by atoms with van der Waals surface area (Å²) in [5.41, 5.74) is 2.28. The molecule has 1 N–H and O–H groups in total. The number of ether oxygens (including phenoxy) is 2. The number of nitrogens with one attached hydrogen (secondary N) is 1. The topological polar surface area (TPSA) is 87.5 Å². The number of rotatable bonds is 8. The molecule has 0 aliphatic heterocycles. The minimum atomic E-state index is -0.256. The number of aryl methyl sites for hydroxylation is 1. The van der Waals surface area contributed by atoms with Crippen molar-refractivity contribution in [1.82, 2.24) is 9.88 Å². The van der Waals surface area contributed by atoms with Crippen molar-refractivity contribution in [2.75, 3.05) is 32.6 Å². The Kier molecular flexibility index (Phi) is 7.20. The number of carbonyl (C=O) groups excluding carboxylic acids is 1. The van der Waals surface area contributed by atoms with Gasteiger partial charge in [0.05, 0.1) is 5.56 Å². The van der Waals surface area contributed by atoms with Crippen LogP contribution in [0.5, 0.6) is 17.4 Å². The predicted octanol–water partition coefficient (Wildman–Crippen LogP) is 4.25. The number of likely N-dealkylation sites (N-methyl/N-ethyl adjacent to an activating group) is 1. The van der Waals surface area contributed by atoms with Gasteiger partial charge >= 0.3 is 0 Å². The van der Waals surface area contributed by atoms with Crippen molar-refractivity contribution in [3.05, 3.63) is 77.5 Å². The van der Waals surface area contributed by atoms with E-state index in [4.69, 9.17) is 9.47 Å². The van der Waals surface area contributed by atoms with E-state index in [-0.39, 0.29) is 11.8 Å². The van der Waals surface area contributed by atoms with Crippen molar-refractivity contribution in [1.29, 1.82) is 5.26 Å². The molecule has 0 bridgehead atoms. The average Bonchev–Trinajstić information content (AvgIpc) is 2.76. The average molecular weight is 416 g/mol. The van der Waals surface area contributed by atoms with Gasteiger partial charge in [-0.15, -0.1) is 0 Å². The number of hydrogen-bond donors (Lipinski definition) is 1. The van der Waals surface area contributed by atoms with Gasteiger partial charge in [-0.25, -0.2) is 4.98 Å². The molecule has 31 heavy (non-hydrogen) atoms. The highest BCUT2D eigenvalue weighted by Gasteiger charge is 2.14. The van der Waals surface area contributed by atoms with Crippen molar-refractivity contribution in [2.24, 2.45) is 0 Å². The Morgan fingerprint density at radius 3 is 2.71 bits per heavy atom. The SMILES string of the molecule is Cc1cc(Oc2ncccc2C#N)ccc1NC(=O)c1ccccc1OCCN(C)C. The first-order valence-corrected chi connectivity index (χ1v) is 9.79. The van der Waals surface area contributed by atoms with Gasteiger partial charge in [0, 0.05) is 18.4 Å². The molecular weight excluding hydrogens is 392 g/mol. The fraction of sp³-hybridized carbons (Fsp3) is 0.208. The van der Waals surface area contributed by atoms with E-state index in [9.17, 15) is 10.1 Å². The third-order valence-corrected chi connectivity index (χ3v) is 4.48. The minimum Gasteiger partial charge on any atom is -0.491 e. The maximum atomic E-state index is 12.9. The molecule has 7 heteroatoms. The van der Waals surface area contributed by atoms with Crippen molar-refractivity contribution in [3.63, 3.8) is 0 Å². The molecule has 3 aromatic rings. The number of nitriles is 1. The van der Waals surface area contributed by atoms with Gasteiger partial charge in [0.25, 0.3) is 5.91 Å². The van der Waals surface area contributed by atoms with Crippen LogP contribution in [0.2, 0.25) is 0 Å². The highest BCUT2D eigenvalue weighted by atomic mass is 16.5. The van der Waals surface area contributed by atoms with Crippen molar-refractivity contribution in [2.45, 2.75) is 6.92 Å². The Labute approximate surface area is 181 Å². The van der Waals surface area contributed by atoms with Gasteiger partial charge in [-0.3, -0.25) is 4.79 Å². The zero-order chi connectivity index (χ0) is 22.2. The van der Waals surface area contributed by atoms with Crippen molar-refractivity contribution < 1.29 is 14.3 Å². The van der Waals surface area contributed by atoms with E-state index in [1.165, 1.54) is 0 Å². The fourth-order valence-electron chi connectivity index (χ4n) is 2.82. The van der Waals surface area contributed by atoms with Gasteiger partial charge < -0.3 is 19.7 Å². The third-order valence-electron chi connectivity index (χ3n) is 4.48. The Balaban J connectivity index is 1.72. The zero-order valence-corrected chi connectivity index (χ0v) is 17.8. The van der Waals surface area contributed by atoms with Crippen LogP contribution in [-0.2, 0) is 0 Å². The summed E-state index contributed by atoms with van der Waals surface area (Å²) in [6, 6.07) is 17.8. The second-order valence-corrected chi connectivity index (χ2v) is 7.15. The standard InChI is InChI=1S/C24H24N4O3/c1-17-15-19(31-24-18(16-25)7-6-12-26-24)10-11-21(17)27-23(29)20-8-4-5-9-22(20)30-14-13-28(2)3/h4-12,15H,13-14H2,1-3H3,(H,27,29). The largest absolute Gasteiger partial charge is 0.491 e. The summed E-state index contributed by atoms with van der Waals surface area (Å²) in [6.45, 7) is 3.10. The maximum absolute atomic E-state index is 12.9. The molecule has 0 fully saturated rings. The van der Waals surface area contributed by atoms with Crippen LogP contribution in [0, 0.1) is 18.3 Å². The molecule has 2 aromatic carbocycles. The molecule has 1 aromatic heterocycles. The van der Waals surface area contributed by atoms with Crippen LogP contribution in [0.4, 0.5) is 5.69 Å². The second kappa shape index (κ2) is 10.2. The van der Waals surface area contributed by atoms with Crippen LogP contribution in [0.15, 0.2) is 60.8 Å². The Morgan fingerprint density at radius 2 is 1.97 bits per heavy atom. The first kappa shape index (κ1) is 21.8. The molecule has 7 nitrogen and oxygen atoms in total. The van der Waals surface area contributed by atoms with Crippen molar-refractivity contribution in [3.8, 4) is 23.4 Å². The smallest absolute Gasteiger partial charge is 0.259 e. The minimum absolute atomic E-state index is 0.241. The van der Waals surface area contributed by atoms with E-state index in [2.05, 4.69) is 16.4 Å². The van der Waals surface area contributed by atoms with E-state index in [1.54, 1.807) is 54.7 Å². The van der Waals surface area contributed by atoms with E-state index in [0.717, 1.165) is 12.1 Å². The number of hydrogen-bond acceptors (Lipinski definition) is 6. The lowest BCUT2D eigenvalue weighted by Gasteiger charge is -2.15. The summed E-state index contributed by atoms with van der Waals surface area (Å²) < 4.78 is 11.5. The number of carbonyl (C=O) groups is 1. The molecule has 1 heterocycles. The number of aromatic nitrogens is 1. The van der Waals surface area contributed by atoms with Gasteiger partial charge in [-0.05, 0) is 69.0 Å². The number of anilines is 1. The predicted molar refractivity (Wildman–Crippen MR) is 119 cm³/mol. The molecule has 3 rings (SSSR count). The molecule has 158 valence electrons. The summed E-state index contributed by atoms with van der Waals surface area (Å²) in [5.74, 6) is 1.05. The van der Waals surface area contributed by atoms with Gasteiger partial charge in [-0.1, -0.05) is 12.1 Å². The van der Waals surface area contributed by atoms with E-state index >= 15 is 0 Å². The molecule has 0 saturated carbocycles. The van der Waals surface area contributed by atoms with Crippen LogP contribution in [0.3, 0.4) is 0 Å². The normalized spacial score (nSPS) is 10.4. The van der Waals surface area contributed by atoms with E-state index < -0.39 is 0 Å². The number of amides is 1. The van der Waals surface area contributed by atoms with Crippen LogP contribution in [-0.4, -0.2) is 43.0 Å². The fourth-order valence-corrected chi connectivity index (χ4v) is 2.82. The molecule has 0 saturated heterocycles. The summed E-state index contributed by atoms with van der Waals surface area (Å²) in [6.07, 6.45) is 1.57. The molecule has 0 unspecified atom stereocenters. The summed E-state index contributed by atoms with van der Waals surface area (Å²) in [7, 11) is 3.93. The molecular formula is C24H24N4O3. The lowest BCUT2D eigenvalue weighted by atomic mass is 10.1. The lowest BCUT2D eigenvalue weighted by Crippen LogP contribution is -2.21. The Hall–Kier alpha value is -3.89. The van der Waals surface area contributed by atoms with Crippen LogP contribution >= 0.6 is 0 Å². The van der Waals surface area contributed by atoms with Crippen LogP contribution in [0.1, 0.15) is 21.5 Å². The van der Waals surface area contributed by atoms with Gasteiger partial charge in [-0.2, -0.15) is 5.26 Å². The van der Waals surface area contributed by atoms with Gasteiger partial charge in [0.15, 0.2) is 0 Å². The van der Waals surface area contributed by atoms with Crippen molar-refractivity contribution >= 4 is 11.6 Å². The highest BCUT2D eigenvalue weighted by Crippen LogP contribution is 2.27. The highest BCUT2D eigenvalue weighted by molar-refractivity contribution is 6.06. The Bertz CT molecular complexity index is 1110. The Morgan fingerprint density at radius 1 is 1.16 bits per heavy atom. The number of nitrogens with zero attached hydrogens (tertiary/aromatic N) is 3. The zero-order valence-electron chi connectivity index (χ0n) is 17.8. The summed E-state index contributed by atoms with van der Waals surface area (Å²) in [5, 5.41) is 12.1. The quantitative estimate of drug-likeness (QED) is 0.591. The number of para-hydroxylation sites is 1. The van der Waals surface area contributed by atoms with E-state index in [1.807, 2.05) is 32.0 Å². The molecule has 0 aliphatic rings. The lowest BCUT2D eigenvalue weighted by molar-refractivity contribution is 0.102. The first-order chi connectivity index (χ1) is 15.0. The first-order valence-electron chi connectivity index (χ1n) is 9.79. The van der Waals surface area contributed by atoms with E-state index in [0.29, 0.717) is 34.9 Å². The molecule has 0 spiro atoms. The molecule has 0 radical (unpaired) electrons. The molecule has 0 atom stereocenters. The molecule has 1 amide bonds. The van der Waals surface area contributed by atoms with Gasteiger partial charge in [0.1, 0.15) is 29.7 Å². The van der Waals surface area contributed by atoms with Gasteiger partial charge in [0.2, 0.25) is 5.88 Å². The summed E-state index contributed by atoms with van der Waals surface area (Å²) in [4.78, 5) is 19.0. The monoisotopic (exact) mass is 416 g/mol. The maximum Gasteiger partial charge on any atom is 0.259 e. The summed E-state index contributed by atoms with van der Waals surface area (Å²) >= 11 is 0. The third kappa shape index (κ3) is 5.81. The number of pyridine rings is 1. The second-order valence-electron chi connectivity index (χ2n) is 7.15. The molecule has 0 aliphatic carbocycles.